The summed E-state index contributed by atoms with van der Waals surface area (Å²) < 4.78 is 5.34. The molecule has 0 radical (unpaired) electrons. The predicted octanol–water partition coefficient (Wildman–Crippen LogP) is 4.37. The number of nitrogens with zero attached hydrogens (tertiary/aromatic N) is 2. The molecule has 0 spiro atoms. The standard InChI is InChI=1S/C25H27N2OP/c1-28-23-10-8-9-22(19-23)20-27-16-15-26(21-27)17-18-29(24-11-4-2-5-12-24)25-13-6-3-7-14-25/h2-16,19H,17-18,20-21H2,1H3. The summed E-state index contributed by atoms with van der Waals surface area (Å²) in [6.45, 7) is 2.89. The highest BCUT2D eigenvalue weighted by molar-refractivity contribution is 7.73. The third kappa shape index (κ3) is 5.19. The molecular weight excluding hydrogens is 375 g/mol. The van der Waals surface area contributed by atoms with E-state index in [9.17, 15) is 0 Å². The van der Waals surface area contributed by atoms with Crippen LogP contribution in [0.15, 0.2) is 97.3 Å². The van der Waals surface area contributed by atoms with Gasteiger partial charge in [-0.2, -0.15) is 0 Å². The first-order valence-corrected chi connectivity index (χ1v) is 11.5. The highest BCUT2D eigenvalue weighted by atomic mass is 31.1. The summed E-state index contributed by atoms with van der Waals surface area (Å²) in [5.74, 6) is 0.916. The van der Waals surface area contributed by atoms with Crippen molar-refractivity contribution >= 4 is 18.5 Å². The van der Waals surface area contributed by atoms with Crippen molar-refractivity contribution in [3.63, 3.8) is 0 Å². The van der Waals surface area contributed by atoms with Crippen molar-refractivity contribution in [2.24, 2.45) is 0 Å². The van der Waals surface area contributed by atoms with Gasteiger partial charge in [-0.15, -0.1) is 0 Å². The van der Waals surface area contributed by atoms with E-state index in [4.69, 9.17) is 4.74 Å². The Balaban J connectivity index is 1.37. The van der Waals surface area contributed by atoms with E-state index in [1.165, 1.54) is 16.2 Å². The van der Waals surface area contributed by atoms with Gasteiger partial charge in [0.25, 0.3) is 0 Å². The van der Waals surface area contributed by atoms with E-state index in [0.717, 1.165) is 31.7 Å². The number of benzene rings is 3. The van der Waals surface area contributed by atoms with Gasteiger partial charge in [-0.05, 0) is 42.4 Å². The minimum Gasteiger partial charge on any atom is -0.497 e. The normalized spacial score (nSPS) is 13.3. The highest BCUT2D eigenvalue weighted by Gasteiger charge is 2.17. The van der Waals surface area contributed by atoms with Crippen molar-refractivity contribution in [3.05, 3.63) is 103 Å². The van der Waals surface area contributed by atoms with Crippen LogP contribution in [0.4, 0.5) is 0 Å². The maximum atomic E-state index is 5.34. The summed E-state index contributed by atoms with van der Waals surface area (Å²) in [5, 5.41) is 2.90. The quantitative estimate of drug-likeness (QED) is 0.520. The van der Waals surface area contributed by atoms with E-state index in [0.29, 0.717) is 0 Å². The molecule has 0 aliphatic carbocycles. The van der Waals surface area contributed by atoms with E-state index < -0.39 is 0 Å². The molecular formula is C25H27N2OP. The molecule has 1 aliphatic heterocycles. The summed E-state index contributed by atoms with van der Waals surface area (Å²) >= 11 is 0. The third-order valence-electron chi connectivity index (χ3n) is 5.12. The molecule has 148 valence electrons. The Morgan fingerprint density at radius 3 is 2.10 bits per heavy atom. The largest absolute Gasteiger partial charge is 0.497 e. The van der Waals surface area contributed by atoms with E-state index in [2.05, 4.69) is 101 Å². The zero-order chi connectivity index (χ0) is 19.9. The van der Waals surface area contributed by atoms with Crippen LogP contribution in [-0.4, -0.2) is 36.3 Å². The summed E-state index contributed by atoms with van der Waals surface area (Å²) in [7, 11) is 1.37. The van der Waals surface area contributed by atoms with Gasteiger partial charge in [-0.1, -0.05) is 72.8 Å². The SMILES string of the molecule is COc1cccc(CN2C=CN(CCP(c3ccccc3)c3ccccc3)C2)c1. The zero-order valence-corrected chi connectivity index (χ0v) is 17.7. The van der Waals surface area contributed by atoms with Gasteiger partial charge < -0.3 is 14.5 Å². The molecule has 0 saturated heterocycles. The van der Waals surface area contributed by atoms with Gasteiger partial charge >= 0.3 is 0 Å². The van der Waals surface area contributed by atoms with Gasteiger partial charge in [-0.25, -0.2) is 0 Å². The van der Waals surface area contributed by atoms with Crippen LogP contribution in [0.5, 0.6) is 5.75 Å². The lowest BCUT2D eigenvalue weighted by molar-refractivity contribution is 0.269. The smallest absolute Gasteiger partial charge is 0.119 e. The molecule has 4 heteroatoms. The first-order valence-electron chi connectivity index (χ1n) is 9.99. The molecule has 0 N–H and O–H groups in total. The van der Waals surface area contributed by atoms with Gasteiger partial charge in [0.1, 0.15) is 5.75 Å². The topological polar surface area (TPSA) is 15.7 Å². The lowest BCUT2D eigenvalue weighted by Crippen LogP contribution is -2.28. The number of hydrogen-bond acceptors (Lipinski definition) is 3. The van der Waals surface area contributed by atoms with Crippen LogP contribution in [0, 0.1) is 0 Å². The first-order chi connectivity index (χ1) is 14.3. The van der Waals surface area contributed by atoms with Gasteiger partial charge in [0.05, 0.1) is 13.8 Å². The van der Waals surface area contributed by atoms with Gasteiger partial charge in [0.15, 0.2) is 0 Å². The maximum absolute atomic E-state index is 5.34. The van der Waals surface area contributed by atoms with Crippen molar-refractivity contribution in [2.75, 3.05) is 26.5 Å². The Morgan fingerprint density at radius 1 is 0.793 bits per heavy atom. The Morgan fingerprint density at radius 2 is 1.45 bits per heavy atom. The molecule has 0 amide bonds. The lowest BCUT2D eigenvalue weighted by Gasteiger charge is -2.25. The van der Waals surface area contributed by atoms with Crippen molar-refractivity contribution in [2.45, 2.75) is 6.54 Å². The summed E-state index contributed by atoms with van der Waals surface area (Å²) in [6, 6.07) is 30.2. The minimum atomic E-state index is -0.347. The molecule has 0 saturated carbocycles. The Labute approximate surface area is 175 Å². The number of hydrogen-bond donors (Lipinski definition) is 0. The second-order valence-electron chi connectivity index (χ2n) is 7.17. The number of ether oxygens (including phenoxy) is 1. The van der Waals surface area contributed by atoms with Gasteiger partial charge in [0, 0.05) is 25.5 Å². The molecule has 0 atom stereocenters. The average molecular weight is 402 g/mol. The molecule has 3 nitrogen and oxygen atoms in total. The summed E-state index contributed by atoms with van der Waals surface area (Å²) in [5.41, 5.74) is 1.27. The van der Waals surface area contributed by atoms with E-state index in [-0.39, 0.29) is 7.92 Å². The van der Waals surface area contributed by atoms with Crippen LogP contribution in [0.3, 0.4) is 0 Å². The summed E-state index contributed by atoms with van der Waals surface area (Å²) in [6.07, 6.45) is 5.58. The van der Waals surface area contributed by atoms with Crippen molar-refractivity contribution in [3.8, 4) is 5.75 Å². The van der Waals surface area contributed by atoms with Crippen LogP contribution >= 0.6 is 7.92 Å². The molecule has 0 fully saturated rings. The molecule has 0 unspecified atom stereocenters. The highest BCUT2D eigenvalue weighted by Crippen LogP contribution is 2.33. The van der Waals surface area contributed by atoms with E-state index in [1.54, 1.807) is 7.11 Å². The molecule has 4 rings (SSSR count). The van der Waals surface area contributed by atoms with E-state index >= 15 is 0 Å². The molecule has 3 aromatic rings. The molecule has 29 heavy (non-hydrogen) atoms. The minimum absolute atomic E-state index is 0.347. The van der Waals surface area contributed by atoms with Crippen molar-refractivity contribution in [1.82, 2.24) is 9.80 Å². The van der Waals surface area contributed by atoms with Crippen LogP contribution in [-0.2, 0) is 6.54 Å². The fourth-order valence-corrected chi connectivity index (χ4v) is 5.96. The average Bonchev–Trinajstić information content (AvgIpc) is 3.23. The monoisotopic (exact) mass is 402 g/mol. The molecule has 1 aliphatic rings. The van der Waals surface area contributed by atoms with Crippen LogP contribution in [0.1, 0.15) is 5.56 Å². The summed E-state index contributed by atoms with van der Waals surface area (Å²) in [4.78, 5) is 4.77. The Kier molecular flexibility index (Phi) is 6.49. The van der Waals surface area contributed by atoms with Gasteiger partial charge in [-0.3, -0.25) is 0 Å². The van der Waals surface area contributed by atoms with Crippen molar-refractivity contribution in [1.29, 1.82) is 0 Å². The maximum Gasteiger partial charge on any atom is 0.119 e. The Hall–Kier alpha value is -2.77. The Bertz CT molecular complexity index is 890. The fourth-order valence-electron chi connectivity index (χ4n) is 3.62. The molecule has 3 aromatic carbocycles. The zero-order valence-electron chi connectivity index (χ0n) is 16.8. The van der Waals surface area contributed by atoms with E-state index in [1.807, 2.05) is 6.07 Å². The van der Waals surface area contributed by atoms with Crippen molar-refractivity contribution < 1.29 is 4.74 Å². The molecule has 0 bridgehead atoms. The third-order valence-corrected chi connectivity index (χ3v) is 7.61. The second kappa shape index (κ2) is 9.62. The van der Waals surface area contributed by atoms with Crippen LogP contribution in [0.25, 0.3) is 0 Å². The number of rotatable bonds is 8. The van der Waals surface area contributed by atoms with Gasteiger partial charge in [0.2, 0.25) is 0 Å². The molecule has 1 heterocycles. The number of methoxy groups -OCH3 is 1. The lowest BCUT2D eigenvalue weighted by atomic mass is 10.2. The molecule has 0 aromatic heterocycles. The van der Waals surface area contributed by atoms with Crippen LogP contribution in [0.2, 0.25) is 0 Å². The predicted molar refractivity (Wildman–Crippen MR) is 123 cm³/mol. The second-order valence-corrected chi connectivity index (χ2v) is 9.51. The van der Waals surface area contributed by atoms with Crippen LogP contribution < -0.4 is 15.3 Å². The first kappa shape index (κ1) is 19.5. The fraction of sp³-hybridized carbons (Fsp3) is 0.200.